The van der Waals surface area contributed by atoms with Gasteiger partial charge in [-0.25, -0.2) is 0 Å². The molecule has 160 valence electrons. The maximum atomic E-state index is 2.56. The molecule has 2 aromatic carbocycles. The molecule has 0 fully saturated rings. The van der Waals surface area contributed by atoms with Crippen molar-refractivity contribution in [2.45, 2.75) is 97.3 Å². The molecule has 0 aliphatic heterocycles. The summed E-state index contributed by atoms with van der Waals surface area (Å²) in [5.41, 5.74) is 4.26. The average molecular weight is 394 g/mol. The van der Waals surface area contributed by atoms with Crippen LogP contribution < -0.4 is 4.90 Å². The van der Waals surface area contributed by atoms with E-state index < -0.39 is 0 Å². The third-order valence-corrected chi connectivity index (χ3v) is 5.89. The van der Waals surface area contributed by atoms with Crippen LogP contribution in [0.2, 0.25) is 0 Å². The van der Waals surface area contributed by atoms with Crippen molar-refractivity contribution in [2.24, 2.45) is 0 Å². The second-order valence-electron chi connectivity index (χ2n) is 8.40. The fourth-order valence-corrected chi connectivity index (χ4v) is 4.13. The standard InChI is InChI=1S/C28H43N/c1-3-5-7-9-11-14-20-26-21-17-18-24-28(26)29(27-22-15-13-16-23-27)25-19-12-10-8-6-4-2/h13,15-18,21-24H,3-12,14,19-20,25H2,1-2H3. The van der Waals surface area contributed by atoms with E-state index in [9.17, 15) is 0 Å². The Bertz CT molecular complexity index is 634. The van der Waals surface area contributed by atoms with E-state index in [1.807, 2.05) is 0 Å². The fourth-order valence-electron chi connectivity index (χ4n) is 4.13. The molecule has 0 aliphatic carbocycles. The maximum absolute atomic E-state index is 2.56. The van der Waals surface area contributed by atoms with E-state index in [0.29, 0.717) is 0 Å². The van der Waals surface area contributed by atoms with Crippen molar-refractivity contribution in [1.29, 1.82) is 0 Å². The van der Waals surface area contributed by atoms with E-state index in [0.717, 1.165) is 6.54 Å². The molecule has 1 heteroatoms. The van der Waals surface area contributed by atoms with E-state index in [2.05, 4.69) is 73.3 Å². The molecule has 0 amide bonds. The van der Waals surface area contributed by atoms with Gasteiger partial charge in [-0.3, -0.25) is 0 Å². The highest BCUT2D eigenvalue weighted by molar-refractivity contribution is 5.66. The minimum Gasteiger partial charge on any atom is -0.341 e. The molecule has 0 N–H and O–H groups in total. The first kappa shape index (κ1) is 23.5. The minimum absolute atomic E-state index is 1.11. The molecule has 0 aliphatic rings. The van der Waals surface area contributed by atoms with Crippen LogP contribution >= 0.6 is 0 Å². The van der Waals surface area contributed by atoms with Crippen molar-refractivity contribution < 1.29 is 0 Å². The van der Waals surface area contributed by atoms with Gasteiger partial charge in [0, 0.05) is 17.9 Å². The molecule has 0 aromatic heterocycles. The smallest absolute Gasteiger partial charge is 0.0443 e. The molecule has 2 rings (SSSR count). The van der Waals surface area contributed by atoms with Crippen LogP contribution in [0.3, 0.4) is 0 Å². The summed E-state index contributed by atoms with van der Waals surface area (Å²) in [5, 5.41) is 0. The van der Waals surface area contributed by atoms with Gasteiger partial charge < -0.3 is 4.90 Å². The maximum Gasteiger partial charge on any atom is 0.0443 e. The zero-order chi connectivity index (χ0) is 20.6. The quantitative estimate of drug-likeness (QED) is 0.257. The summed E-state index contributed by atoms with van der Waals surface area (Å²) in [6, 6.07) is 20.1. The first-order chi connectivity index (χ1) is 14.4. The van der Waals surface area contributed by atoms with Crippen LogP contribution in [0.4, 0.5) is 11.4 Å². The lowest BCUT2D eigenvalue weighted by atomic mass is 10.0. The van der Waals surface area contributed by atoms with Gasteiger partial charge in [-0.1, -0.05) is 114 Å². The summed E-state index contributed by atoms with van der Waals surface area (Å²) in [6.07, 6.45) is 17.4. The summed E-state index contributed by atoms with van der Waals surface area (Å²) in [5.74, 6) is 0. The SMILES string of the molecule is CCCCCCCCc1ccccc1N(CCCCCCCC)c1ccccc1. The van der Waals surface area contributed by atoms with Crippen LogP contribution in [-0.4, -0.2) is 6.54 Å². The van der Waals surface area contributed by atoms with Gasteiger partial charge in [0.25, 0.3) is 0 Å². The van der Waals surface area contributed by atoms with Gasteiger partial charge in [-0.05, 0) is 43.0 Å². The highest BCUT2D eigenvalue weighted by atomic mass is 15.1. The van der Waals surface area contributed by atoms with Crippen molar-refractivity contribution in [3.8, 4) is 0 Å². The Kier molecular flexibility index (Phi) is 12.3. The third-order valence-electron chi connectivity index (χ3n) is 5.89. The number of unbranched alkanes of at least 4 members (excludes halogenated alkanes) is 10. The number of rotatable bonds is 16. The molecule has 0 heterocycles. The molecule has 0 spiro atoms. The van der Waals surface area contributed by atoms with Crippen molar-refractivity contribution in [3.05, 3.63) is 60.2 Å². The van der Waals surface area contributed by atoms with E-state index >= 15 is 0 Å². The van der Waals surface area contributed by atoms with Gasteiger partial charge in [-0.15, -0.1) is 0 Å². The Morgan fingerprint density at radius 2 is 1.10 bits per heavy atom. The molecule has 0 atom stereocenters. The van der Waals surface area contributed by atoms with Crippen molar-refractivity contribution in [3.63, 3.8) is 0 Å². The topological polar surface area (TPSA) is 3.24 Å². The Morgan fingerprint density at radius 3 is 1.79 bits per heavy atom. The van der Waals surface area contributed by atoms with Gasteiger partial charge in [0.1, 0.15) is 0 Å². The lowest BCUT2D eigenvalue weighted by molar-refractivity contribution is 0.604. The van der Waals surface area contributed by atoms with Gasteiger partial charge >= 0.3 is 0 Å². The van der Waals surface area contributed by atoms with Gasteiger partial charge in [0.2, 0.25) is 0 Å². The summed E-state index contributed by atoms with van der Waals surface area (Å²) < 4.78 is 0. The van der Waals surface area contributed by atoms with E-state index in [1.165, 1.54) is 100 Å². The van der Waals surface area contributed by atoms with Crippen molar-refractivity contribution in [2.75, 3.05) is 11.4 Å². The number of anilines is 2. The normalized spacial score (nSPS) is 11.0. The lowest BCUT2D eigenvalue weighted by Crippen LogP contribution is -2.20. The number of hydrogen-bond donors (Lipinski definition) is 0. The Hall–Kier alpha value is -1.76. The van der Waals surface area contributed by atoms with Crippen LogP contribution in [0.25, 0.3) is 0 Å². The van der Waals surface area contributed by atoms with E-state index in [-0.39, 0.29) is 0 Å². The van der Waals surface area contributed by atoms with Crippen LogP contribution in [-0.2, 0) is 6.42 Å². The summed E-state index contributed by atoms with van der Waals surface area (Å²) in [4.78, 5) is 2.56. The van der Waals surface area contributed by atoms with Crippen LogP contribution in [0.5, 0.6) is 0 Å². The Morgan fingerprint density at radius 1 is 0.552 bits per heavy atom. The monoisotopic (exact) mass is 393 g/mol. The number of nitrogens with zero attached hydrogens (tertiary/aromatic N) is 1. The van der Waals surface area contributed by atoms with E-state index in [4.69, 9.17) is 0 Å². The zero-order valence-corrected chi connectivity index (χ0v) is 19.0. The van der Waals surface area contributed by atoms with Crippen LogP contribution in [0.15, 0.2) is 54.6 Å². The first-order valence-electron chi connectivity index (χ1n) is 12.3. The minimum atomic E-state index is 1.11. The molecule has 1 nitrogen and oxygen atoms in total. The summed E-state index contributed by atoms with van der Waals surface area (Å²) in [6.45, 7) is 5.69. The molecule has 0 saturated carbocycles. The summed E-state index contributed by atoms with van der Waals surface area (Å²) >= 11 is 0. The number of aryl methyl sites for hydroxylation is 1. The molecule has 0 radical (unpaired) electrons. The zero-order valence-electron chi connectivity index (χ0n) is 19.0. The predicted octanol–water partition coefficient (Wildman–Crippen LogP) is 9.09. The van der Waals surface area contributed by atoms with Gasteiger partial charge in [0.05, 0.1) is 0 Å². The first-order valence-corrected chi connectivity index (χ1v) is 12.3. The predicted molar refractivity (Wildman–Crippen MR) is 130 cm³/mol. The van der Waals surface area contributed by atoms with Gasteiger partial charge in [-0.2, -0.15) is 0 Å². The number of hydrogen-bond acceptors (Lipinski definition) is 1. The molecule has 29 heavy (non-hydrogen) atoms. The molecular weight excluding hydrogens is 350 g/mol. The van der Waals surface area contributed by atoms with Gasteiger partial charge in [0.15, 0.2) is 0 Å². The van der Waals surface area contributed by atoms with Crippen LogP contribution in [0.1, 0.15) is 96.5 Å². The number of benzene rings is 2. The highest BCUT2D eigenvalue weighted by Gasteiger charge is 2.12. The molecule has 0 bridgehead atoms. The molecule has 0 unspecified atom stereocenters. The van der Waals surface area contributed by atoms with Crippen molar-refractivity contribution >= 4 is 11.4 Å². The molecular formula is C28H43N. The summed E-state index contributed by atoms with van der Waals surface area (Å²) in [7, 11) is 0. The lowest BCUT2D eigenvalue weighted by Gasteiger charge is -2.27. The average Bonchev–Trinajstić information content (AvgIpc) is 2.77. The molecule has 2 aromatic rings. The number of para-hydroxylation sites is 2. The second kappa shape index (κ2) is 15.1. The Balaban J connectivity index is 2.00. The fraction of sp³-hybridized carbons (Fsp3) is 0.571. The third kappa shape index (κ3) is 9.07. The second-order valence-corrected chi connectivity index (χ2v) is 8.40. The highest BCUT2D eigenvalue weighted by Crippen LogP contribution is 2.30. The van der Waals surface area contributed by atoms with Crippen LogP contribution in [0, 0.1) is 0 Å². The molecule has 0 saturated heterocycles. The Labute approximate surface area is 180 Å². The van der Waals surface area contributed by atoms with Crippen molar-refractivity contribution in [1.82, 2.24) is 0 Å². The van der Waals surface area contributed by atoms with E-state index in [1.54, 1.807) is 0 Å². The largest absolute Gasteiger partial charge is 0.341 e.